The molecule has 2 aromatic rings. The van der Waals surface area contributed by atoms with Crippen molar-refractivity contribution in [1.82, 2.24) is 15.0 Å². The predicted octanol–water partition coefficient (Wildman–Crippen LogP) is 4.05. The first-order chi connectivity index (χ1) is 11.0. The van der Waals surface area contributed by atoms with Crippen LogP contribution in [0, 0.1) is 6.92 Å². The molecule has 0 spiro atoms. The highest BCUT2D eigenvalue weighted by Gasteiger charge is 2.42. The van der Waals surface area contributed by atoms with Crippen molar-refractivity contribution >= 4 is 0 Å². The van der Waals surface area contributed by atoms with Gasteiger partial charge in [-0.2, -0.15) is 23.1 Å². The number of rotatable bonds is 3. The lowest BCUT2D eigenvalue weighted by molar-refractivity contribution is -0.141. The number of aromatic nitrogens is 3. The zero-order chi connectivity index (χ0) is 18.1. The Balaban J connectivity index is 2.67. The molecule has 2 heterocycles. The zero-order valence-electron chi connectivity index (χ0n) is 14.0. The molecule has 0 aliphatic carbocycles. The summed E-state index contributed by atoms with van der Waals surface area (Å²) >= 11 is 0. The van der Waals surface area contributed by atoms with Gasteiger partial charge in [-0.1, -0.05) is 6.07 Å². The maximum Gasteiger partial charge on any atom is 0.426 e. The van der Waals surface area contributed by atoms with Crippen LogP contribution in [0.15, 0.2) is 18.3 Å². The minimum Gasteiger partial charge on any atom is -0.480 e. The topological polar surface area (TPSA) is 57.1 Å². The van der Waals surface area contributed by atoms with Crippen molar-refractivity contribution in [3.63, 3.8) is 0 Å². The maximum atomic E-state index is 13.4. The Bertz CT molecular complexity index is 723. The molecule has 0 aliphatic rings. The second-order valence-corrected chi connectivity index (χ2v) is 6.17. The number of pyridine rings is 1. The van der Waals surface area contributed by atoms with Gasteiger partial charge in [-0.05, 0) is 39.3 Å². The van der Waals surface area contributed by atoms with E-state index in [1.807, 2.05) is 6.92 Å². The van der Waals surface area contributed by atoms with Gasteiger partial charge in [-0.15, -0.1) is 0 Å². The van der Waals surface area contributed by atoms with Crippen LogP contribution in [0.1, 0.15) is 31.9 Å². The molecule has 0 amide bonds. The Morgan fingerprint density at radius 3 is 2.08 bits per heavy atom. The van der Waals surface area contributed by atoms with Crippen molar-refractivity contribution in [1.29, 1.82) is 0 Å². The highest BCUT2D eigenvalue weighted by atomic mass is 19.4. The molecule has 0 bridgehead atoms. The van der Waals surface area contributed by atoms with Crippen molar-refractivity contribution < 1.29 is 22.6 Å². The standard InChI is InChI=1S/C16H18F3N3O2/c1-9-6-7-10(20-8-9)12-21-13(23-5)11(16(17,18)19)14(22-12)24-15(2,3)4/h6-8H,1-5H3. The third-order valence-electron chi connectivity index (χ3n) is 2.86. The van der Waals surface area contributed by atoms with E-state index in [-0.39, 0.29) is 5.82 Å². The van der Waals surface area contributed by atoms with Gasteiger partial charge in [0, 0.05) is 6.20 Å². The third-order valence-corrected chi connectivity index (χ3v) is 2.86. The van der Waals surface area contributed by atoms with Gasteiger partial charge in [-0.25, -0.2) is 0 Å². The van der Waals surface area contributed by atoms with Crippen LogP contribution >= 0.6 is 0 Å². The van der Waals surface area contributed by atoms with E-state index in [4.69, 9.17) is 9.47 Å². The van der Waals surface area contributed by atoms with Crippen molar-refractivity contribution in [2.75, 3.05) is 7.11 Å². The van der Waals surface area contributed by atoms with E-state index in [0.29, 0.717) is 5.69 Å². The molecule has 0 fully saturated rings. The summed E-state index contributed by atoms with van der Waals surface area (Å²) in [6.07, 6.45) is -3.14. The summed E-state index contributed by atoms with van der Waals surface area (Å²) in [5.41, 5.74) is -0.789. The molecule has 0 saturated carbocycles. The lowest BCUT2D eigenvalue weighted by atomic mass is 10.2. The molecule has 0 aromatic carbocycles. The Labute approximate surface area is 137 Å². The van der Waals surface area contributed by atoms with Crippen molar-refractivity contribution in [3.8, 4) is 23.3 Å². The molecule has 2 aromatic heterocycles. The highest BCUT2D eigenvalue weighted by Crippen LogP contribution is 2.42. The maximum absolute atomic E-state index is 13.4. The molecule has 0 atom stereocenters. The van der Waals surface area contributed by atoms with Gasteiger partial charge in [0.2, 0.25) is 11.8 Å². The van der Waals surface area contributed by atoms with E-state index in [9.17, 15) is 13.2 Å². The number of nitrogens with zero attached hydrogens (tertiary/aromatic N) is 3. The smallest absolute Gasteiger partial charge is 0.426 e. The average molecular weight is 341 g/mol. The fourth-order valence-corrected chi connectivity index (χ4v) is 1.89. The summed E-state index contributed by atoms with van der Waals surface area (Å²) in [6, 6.07) is 3.39. The zero-order valence-corrected chi connectivity index (χ0v) is 14.0. The minimum atomic E-state index is -4.72. The van der Waals surface area contributed by atoms with Crippen LogP contribution in [0.3, 0.4) is 0 Å². The van der Waals surface area contributed by atoms with Gasteiger partial charge >= 0.3 is 6.18 Å². The first-order valence-corrected chi connectivity index (χ1v) is 7.16. The highest BCUT2D eigenvalue weighted by molar-refractivity contribution is 5.54. The van der Waals surface area contributed by atoms with E-state index in [2.05, 4.69) is 15.0 Å². The lowest BCUT2D eigenvalue weighted by Gasteiger charge is -2.24. The summed E-state index contributed by atoms with van der Waals surface area (Å²) in [4.78, 5) is 11.9. The van der Waals surface area contributed by atoms with Gasteiger partial charge in [0.05, 0.1) is 7.11 Å². The van der Waals surface area contributed by atoms with Crippen molar-refractivity contribution in [2.45, 2.75) is 39.5 Å². The number of aryl methyl sites for hydroxylation is 1. The second-order valence-electron chi connectivity index (χ2n) is 6.17. The predicted molar refractivity (Wildman–Crippen MR) is 81.9 cm³/mol. The third kappa shape index (κ3) is 4.12. The van der Waals surface area contributed by atoms with E-state index in [0.717, 1.165) is 12.7 Å². The van der Waals surface area contributed by atoms with Crippen LogP contribution in [-0.2, 0) is 6.18 Å². The number of hydrogen-bond donors (Lipinski definition) is 0. The summed E-state index contributed by atoms with van der Waals surface area (Å²) in [5.74, 6) is -1.19. The number of hydrogen-bond acceptors (Lipinski definition) is 5. The van der Waals surface area contributed by atoms with Crippen LogP contribution in [-0.4, -0.2) is 27.7 Å². The van der Waals surface area contributed by atoms with E-state index < -0.39 is 29.1 Å². The molecule has 2 rings (SSSR count). The van der Waals surface area contributed by atoms with Crippen molar-refractivity contribution in [2.24, 2.45) is 0 Å². The normalized spacial score (nSPS) is 12.2. The Hall–Kier alpha value is -2.38. The minimum absolute atomic E-state index is 0.000833. The summed E-state index contributed by atoms with van der Waals surface area (Å²) < 4.78 is 50.5. The summed E-state index contributed by atoms with van der Waals surface area (Å²) in [5, 5.41) is 0. The number of alkyl halides is 3. The van der Waals surface area contributed by atoms with E-state index in [1.54, 1.807) is 39.1 Å². The monoisotopic (exact) mass is 341 g/mol. The molecule has 130 valence electrons. The van der Waals surface area contributed by atoms with E-state index >= 15 is 0 Å². The Morgan fingerprint density at radius 1 is 1.00 bits per heavy atom. The van der Waals surface area contributed by atoms with Gasteiger partial charge in [-0.3, -0.25) is 4.98 Å². The van der Waals surface area contributed by atoms with Crippen LogP contribution < -0.4 is 9.47 Å². The van der Waals surface area contributed by atoms with Gasteiger partial charge < -0.3 is 9.47 Å². The fraction of sp³-hybridized carbons (Fsp3) is 0.438. The quantitative estimate of drug-likeness (QED) is 0.843. The van der Waals surface area contributed by atoms with Crippen LogP contribution in [0.5, 0.6) is 11.8 Å². The van der Waals surface area contributed by atoms with Gasteiger partial charge in [0.15, 0.2) is 11.4 Å². The SMILES string of the molecule is COc1nc(-c2ccc(C)cn2)nc(OC(C)(C)C)c1C(F)(F)F. The molecule has 8 heteroatoms. The summed E-state index contributed by atoms with van der Waals surface area (Å²) in [6.45, 7) is 6.74. The molecular formula is C16H18F3N3O2. The average Bonchev–Trinajstić information content (AvgIpc) is 2.44. The first kappa shape index (κ1) is 18.0. The second kappa shape index (κ2) is 6.26. The van der Waals surface area contributed by atoms with E-state index in [1.165, 1.54) is 0 Å². The molecule has 0 N–H and O–H groups in total. The van der Waals surface area contributed by atoms with Crippen LogP contribution in [0.2, 0.25) is 0 Å². The Kier molecular flexibility index (Phi) is 4.68. The molecule has 0 unspecified atom stereocenters. The molecule has 0 aliphatic heterocycles. The lowest BCUT2D eigenvalue weighted by Crippen LogP contribution is -2.26. The van der Waals surface area contributed by atoms with Crippen LogP contribution in [0.25, 0.3) is 11.5 Å². The van der Waals surface area contributed by atoms with Gasteiger partial charge in [0.1, 0.15) is 11.3 Å². The number of ether oxygens (including phenoxy) is 2. The molecule has 5 nitrogen and oxygen atoms in total. The molecule has 0 saturated heterocycles. The fourth-order valence-electron chi connectivity index (χ4n) is 1.89. The molecule has 0 radical (unpaired) electrons. The van der Waals surface area contributed by atoms with Crippen molar-refractivity contribution in [3.05, 3.63) is 29.5 Å². The largest absolute Gasteiger partial charge is 0.480 e. The molecule has 24 heavy (non-hydrogen) atoms. The Morgan fingerprint density at radius 2 is 1.62 bits per heavy atom. The number of halogens is 3. The number of methoxy groups -OCH3 is 1. The van der Waals surface area contributed by atoms with Gasteiger partial charge in [0.25, 0.3) is 0 Å². The molecular weight excluding hydrogens is 323 g/mol. The van der Waals surface area contributed by atoms with Crippen LogP contribution in [0.4, 0.5) is 13.2 Å². The summed E-state index contributed by atoms with van der Waals surface area (Å²) in [7, 11) is 1.12. The first-order valence-electron chi connectivity index (χ1n) is 7.16.